The van der Waals surface area contributed by atoms with E-state index in [0.29, 0.717) is 19.0 Å². The highest BCUT2D eigenvalue weighted by Gasteiger charge is 2.08. The molecule has 0 fully saturated rings. The van der Waals surface area contributed by atoms with Gasteiger partial charge >= 0.3 is 0 Å². The highest BCUT2D eigenvalue weighted by molar-refractivity contribution is 5.29. The topological polar surface area (TPSA) is 52.0 Å². The molecule has 1 aromatic rings. The molecule has 12 heavy (non-hydrogen) atoms. The second kappa shape index (κ2) is 4.24. The molecule has 0 unspecified atom stereocenters. The van der Waals surface area contributed by atoms with Crippen LogP contribution in [0.25, 0.3) is 0 Å². The molecule has 4 N–H and O–H groups in total. The summed E-state index contributed by atoms with van der Waals surface area (Å²) >= 11 is 0. The average molecular weight is 164 g/mol. The molecule has 0 aliphatic heterocycles. The van der Waals surface area contributed by atoms with Crippen molar-refractivity contribution >= 4 is 0 Å². The fraction of sp³-hybridized carbons (Fsp3) is 0.400. The number of rotatable bonds is 3. The molecule has 66 valence electrons. The summed E-state index contributed by atoms with van der Waals surface area (Å²) < 4.78 is 0. The number of hydrogen-bond acceptors (Lipinski definition) is 2. The molecule has 0 saturated carbocycles. The minimum absolute atomic E-state index is 0.311. The Bertz CT molecular complexity index is 241. The van der Waals surface area contributed by atoms with E-state index in [-0.39, 0.29) is 0 Å². The van der Waals surface area contributed by atoms with Crippen LogP contribution in [-0.2, 0) is 0 Å². The zero-order chi connectivity index (χ0) is 8.97. The maximum Gasteiger partial charge on any atom is 0.00867 e. The van der Waals surface area contributed by atoms with Crippen LogP contribution in [0.2, 0.25) is 0 Å². The summed E-state index contributed by atoms with van der Waals surface area (Å²) in [7, 11) is 0. The van der Waals surface area contributed by atoms with E-state index >= 15 is 0 Å². The van der Waals surface area contributed by atoms with Crippen LogP contribution in [0.15, 0.2) is 24.3 Å². The minimum Gasteiger partial charge on any atom is -0.330 e. The highest BCUT2D eigenvalue weighted by atomic mass is 14.6. The second-order valence-corrected chi connectivity index (χ2v) is 3.02. The SMILES string of the molecule is Cc1ccccc1C(CN)CN. The van der Waals surface area contributed by atoms with Crippen LogP contribution in [0, 0.1) is 6.92 Å². The van der Waals surface area contributed by atoms with Crippen LogP contribution in [0.4, 0.5) is 0 Å². The third-order valence-corrected chi connectivity index (χ3v) is 2.20. The summed E-state index contributed by atoms with van der Waals surface area (Å²) in [6, 6.07) is 8.25. The molecule has 2 nitrogen and oxygen atoms in total. The molecule has 0 amide bonds. The Balaban J connectivity index is 2.92. The molecule has 0 heterocycles. The number of nitrogens with two attached hydrogens (primary N) is 2. The summed E-state index contributed by atoms with van der Waals surface area (Å²) in [5.41, 5.74) is 13.8. The number of hydrogen-bond donors (Lipinski definition) is 2. The van der Waals surface area contributed by atoms with Crippen molar-refractivity contribution in [3.8, 4) is 0 Å². The molecule has 0 aliphatic carbocycles. The third kappa shape index (κ3) is 1.84. The van der Waals surface area contributed by atoms with Crippen LogP contribution < -0.4 is 11.5 Å². The average Bonchev–Trinajstić information content (AvgIpc) is 2.10. The van der Waals surface area contributed by atoms with Gasteiger partial charge < -0.3 is 11.5 Å². The van der Waals surface area contributed by atoms with Crippen molar-refractivity contribution < 1.29 is 0 Å². The Hall–Kier alpha value is -0.860. The highest BCUT2D eigenvalue weighted by Crippen LogP contribution is 2.16. The van der Waals surface area contributed by atoms with Crippen LogP contribution in [0.1, 0.15) is 17.0 Å². The van der Waals surface area contributed by atoms with Crippen LogP contribution in [-0.4, -0.2) is 13.1 Å². The molecule has 1 rings (SSSR count). The van der Waals surface area contributed by atoms with E-state index in [0.717, 1.165) is 0 Å². The van der Waals surface area contributed by atoms with E-state index in [1.165, 1.54) is 11.1 Å². The third-order valence-electron chi connectivity index (χ3n) is 2.20. The van der Waals surface area contributed by atoms with Crippen molar-refractivity contribution in [1.82, 2.24) is 0 Å². The zero-order valence-corrected chi connectivity index (χ0v) is 7.46. The van der Waals surface area contributed by atoms with Gasteiger partial charge in [-0.25, -0.2) is 0 Å². The predicted molar refractivity (Wildman–Crippen MR) is 52.0 cm³/mol. The normalized spacial score (nSPS) is 10.7. The number of aryl methyl sites for hydroxylation is 1. The van der Waals surface area contributed by atoms with Gasteiger partial charge in [0.2, 0.25) is 0 Å². The van der Waals surface area contributed by atoms with E-state index in [2.05, 4.69) is 19.1 Å². The second-order valence-electron chi connectivity index (χ2n) is 3.02. The van der Waals surface area contributed by atoms with E-state index < -0.39 is 0 Å². The fourth-order valence-electron chi connectivity index (χ4n) is 1.40. The molecule has 0 aromatic heterocycles. The van der Waals surface area contributed by atoms with E-state index in [1.807, 2.05) is 12.1 Å². The molecule has 1 aromatic carbocycles. The standard InChI is InChI=1S/C10H16N2/c1-8-4-2-3-5-10(8)9(6-11)7-12/h2-5,9H,6-7,11-12H2,1H3. The lowest BCUT2D eigenvalue weighted by atomic mass is 9.95. The zero-order valence-electron chi connectivity index (χ0n) is 7.46. The smallest absolute Gasteiger partial charge is 0.00867 e. The van der Waals surface area contributed by atoms with Gasteiger partial charge in [0, 0.05) is 19.0 Å². The Morgan fingerprint density at radius 3 is 2.25 bits per heavy atom. The maximum absolute atomic E-state index is 5.60. The summed E-state index contributed by atoms with van der Waals surface area (Å²) in [5.74, 6) is 0.311. The van der Waals surface area contributed by atoms with Crippen molar-refractivity contribution in [2.75, 3.05) is 13.1 Å². The molecule has 0 radical (unpaired) electrons. The lowest BCUT2D eigenvalue weighted by Crippen LogP contribution is -2.21. The molecule has 2 heteroatoms. The summed E-state index contributed by atoms with van der Waals surface area (Å²) in [6.45, 7) is 3.34. The van der Waals surface area contributed by atoms with Gasteiger partial charge in [0.05, 0.1) is 0 Å². The van der Waals surface area contributed by atoms with Crippen molar-refractivity contribution in [2.24, 2.45) is 11.5 Å². The van der Waals surface area contributed by atoms with Gasteiger partial charge in [-0.15, -0.1) is 0 Å². The predicted octanol–water partition coefficient (Wildman–Crippen LogP) is 0.996. The van der Waals surface area contributed by atoms with Crippen molar-refractivity contribution in [2.45, 2.75) is 12.8 Å². The first kappa shape index (κ1) is 9.23. The van der Waals surface area contributed by atoms with Crippen molar-refractivity contribution in [3.63, 3.8) is 0 Å². The van der Waals surface area contributed by atoms with Crippen molar-refractivity contribution in [3.05, 3.63) is 35.4 Å². The fourth-order valence-corrected chi connectivity index (χ4v) is 1.40. The van der Waals surface area contributed by atoms with Gasteiger partial charge in [-0.2, -0.15) is 0 Å². The first-order valence-electron chi connectivity index (χ1n) is 4.25. The van der Waals surface area contributed by atoms with Gasteiger partial charge in [0.1, 0.15) is 0 Å². The Morgan fingerprint density at radius 1 is 1.17 bits per heavy atom. The van der Waals surface area contributed by atoms with E-state index in [4.69, 9.17) is 11.5 Å². The van der Waals surface area contributed by atoms with Crippen molar-refractivity contribution in [1.29, 1.82) is 0 Å². The van der Waals surface area contributed by atoms with Crippen LogP contribution in [0.5, 0.6) is 0 Å². The minimum atomic E-state index is 0.311. The molecule has 0 spiro atoms. The quantitative estimate of drug-likeness (QED) is 0.700. The summed E-state index contributed by atoms with van der Waals surface area (Å²) in [6.07, 6.45) is 0. The molecule has 0 bridgehead atoms. The van der Waals surface area contributed by atoms with Gasteiger partial charge in [-0.1, -0.05) is 24.3 Å². The van der Waals surface area contributed by atoms with Crippen LogP contribution in [0.3, 0.4) is 0 Å². The van der Waals surface area contributed by atoms with E-state index in [9.17, 15) is 0 Å². The molecule has 0 aliphatic rings. The van der Waals surface area contributed by atoms with Gasteiger partial charge in [0.25, 0.3) is 0 Å². The summed E-state index contributed by atoms with van der Waals surface area (Å²) in [5, 5.41) is 0. The van der Waals surface area contributed by atoms with Gasteiger partial charge in [-0.3, -0.25) is 0 Å². The van der Waals surface area contributed by atoms with E-state index in [1.54, 1.807) is 0 Å². The van der Waals surface area contributed by atoms with Crippen LogP contribution >= 0.6 is 0 Å². The lowest BCUT2D eigenvalue weighted by molar-refractivity contribution is 0.704. The summed E-state index contributed by atoms with van der Waals surface area (Å²) in [4.78, 5) is 0. The first-order chi connectivity index (χ1) is 5.79. The Morgan fingerprint density at radius 2 is 1.75 bits per heavy atom. The molecular formula is C10H16N2. The number of benzene rings is 1. The van der Waals surface area contributed by atoms with Gasteiger partial charge in [0.15, 0.2) is 0 Å². The molecule has 0 saturated heterocycles. The maximum atomic E-state index is 5.60. The Labute approximate surface area is 73.6 Å². The first-order valence-corrected chi connectivity index (χ1v) is 4.25. The largest absolute Gasteiger partial charge is 0.330 e. The van der Waals surface area contributed by atoms with Gasteiger partial charge in [-0.05, 0) is 18.1 Å². The Kier molecular flexibility index (Phi) is 3.26. The molecular weight excluding hydrogens is 148 g/mol. The lowest BCUT2D eigenvalue weighted by Gasteiger charge is -2.14. The monoisotopic (exact) mass is 164 g/mol. The molecule has 0 atom stereocenters.